The Kier molecular flexibility index (Phi) is 3.75. The maximum Gasteiger partial charge on any atom is 0.246 e. The van der Waals surface area contributed by atoms with Gasteiger partial charge in [-0.3, -0.25) is 14.9 Å². The molecule has 0 saturated carbocycles. The molecule has 2 aromatic heterocycles. The van der Waals surface area contributed by atoms with Crippen LogP contribution < -0.4 is 5.32 Å². The topological polar surface area (TPSA) is 76.9 Å². The molecule has 0 fully saturated rings. The van der Waals surface area contributed by atoms with Crippen LogP contribution in [0.1, 0.15) is 28.0 Å². The van der Waals surface area contributed by atoms with Gasteiger partial charge in [-0.25, -0.2) is 0 Å². The smallest absolute Gasteiger partial charge is 0.246 e. The Hall–Kier alpha value is -2.02. The number of nitrogens with zero attached hydrogens (tertiary/aromatic N) is 3. The SMILES string of the molecule is CC(=O)c1ccn(CC(=O)Nc2nnc(C)s2)c1C. The Morgan fingerprint density at radius 3 is 2.63 bits per heavy atom. The molecular formula is C12H14N4O2S. The molecule has 0 bridgehead atoms. The van der Waals surface area contributed by atoms with Gasteiger partial charge in [0.15, 0.2) is 5.78 Å². The Balaban J connectivity index is 2.05. The number of ketones is 1. The van der Waals surface area contributed by atoms with Gasteiger partial charge in [-0.2, -0.15) is 0 Å². The lowest BCUT2D eigenvalue weighted by Gasteiger charge is -2.06. The summed E-state index contributed by atoms with van der Waals surface area (Å²) in [5, 5.41) is 11.6. The summed E-state index contributed by atoms with van der Waals surface area (Å²) in [5.41, 5.74) is 1.43. The maximum absolute atomic E-state index is 11.8. The molecule has 6 nitrogen and oxygen atoms in total. The number of nitrogens with one attached hydrogen (secondary N) is 1. The first-order valence-corrected chi connectivity index (χ1v) is 6.55. The second-order valence-corrected chi connectivity index (χ2v) is 5.35. The second-order valence-electron chi connectivity index (χ2n) is 4.17. The standard InChI is InChI=1S/C12H14N4O2S/c1-7-10(8(2)17)4-5-16(7)6-11(18)13-12-15-14-9(3)19-12/h4-5H,6H2,1-3H3,(H,13,15,18). The first kappa shape index (κ1) is 13.4. The molecule has 0 atom stereocenters. The van der Waals surface area contributed by atoms with Crippen LogP contribution in [0, 0.1) is 13.8 Å². The number of rotatable bonds is 4. The molecule has 0 saturated heterocycles. The monoisotopic (exact) mass is 278 g/mol. The van der Waals surface area contributed by atoms with Gasteiger partial charge >= 0.3 is 0 Å². The number of anilines is 1. The van der Waals surface area contributed by atoms with Crippen molar-refractivity contribution in [2.24, 2.45) is 0 Å². The van der Waals surface area contributed by atoms with Crippen LogP contribution in [0.2, 0.25) is 0 Å². The fourth-order valence-electron chi connectivity index (χ4n) is 1.76. The minimum absolute atomic E-state index is 0.00333. The normalized spacial score (nSPS) is 10.5. The summed E-state index contributed by atoms with van der Waals surface area (Å²) >= 11 is 1.32. The number of aryl methyl sites for hydroxylation is 1. The number of aromatic nitrogens is 3. The van der Waals surface area contributed by atoms with Gasteiger partial charge in [-0.05, 0) is 26.8 Å². The average Bonchev–Trinajstić information content (AvgIpc) is 2.87. The van der Waals surface area contributed by atoms with E-state index in [1.165, 1.54) is 18.3 Å². The number of carbonyl (C=O) groups is 2. The molecule has 0 spiro atoms. The zero-order valence-corrected chi connectivity index (χ0v) is 11.7. The summed E-state index contributed by atoms with van der Waals surface area (Å²) in [5.74, 6) is -0.193. The molecule has 2 rings (SSSR count). The van der Waals surface area contributed by atoms with Crippen LogP contribution in [-0.2, 0) is 11.3 Å². The molecule has 100 valence electrons. The molecule has 1 N–H and O–H groups in total. The Labute approximate surface area is 114 Å². The van der Waals surface area contributed by atoms with Crippen molar-refractivity contribution < 1.29 is 9.59 Å². The molecule has 19 heavy (non-hydrogen) atoms. The van der Waals surface area contributed by atoms with Crippen molar-refractivity contribution in [3.8, 4) is 0 Å². The third kappa shape index (κ3) is 3.05. The van der Waals surface area contributed by atoms with Crippen molar-refractivity contribution in [1.82, 2.24) is 14.8 Å². The van der Waals surface area contributed by atoms with E-state index < -0.39 is 0 Å². The van der Waals surface area contributed by atoms with Gasteiger partial charge in [0.1, 0.15) is 11.6 Å². The molecule has 0 aliphatic rings. The van der Waals surface area contributed by atoms with Crippen molar-refractivity contribution in [3.63, 3.8) is 0 Å². The summed E-state index contributed by atoms with van der Waals surface area (Å²) in [6.45, 7) is 5.30. The third-order valence-electron chi connectivity index (χ3n) is 2.71. The highest BCUT2D eigenvalue weighted by Crippen LogP contribution is 2.14. The highest BCUT2D eigenvalue weighted by molar-refractivity contribution is 7.15. The summed E-state index contributed by atoms with van der Waals surface area (Å²) in [4.78, 5) is 23.2. The van der Waals surface area contributed by atoms with E-state index >= 15 is 0 Å². The van der Waals surface area contributed by atoms with Gasteiger partial charge in [-0.15, -0.1) is 10.2 Å². The van der Waals surface area contributed by atoms with Crippen molar-refractivity contribution >= 4 is 28.2 Å². The van der Waals surface area contributed by atoms with Gasteiger partial charge in [0, 0.05) is 17.5 Å². The van der Waals surface area contributed by atoms with Crippen LogP contribution in [0.4, 0.5) is 5.13 Å². The molecule has 0 aromatic carbocycles. The van der Waals surface area contributed by atoms with Gasteiger partial charge in [0.05, 0.1) is 0 Å². The van der Waals surface area contributed by atoms with Crippen LogP contribution in [0.15, 0.2) is 12.3 Å². The van der Waals surface area contributed by atoms with E-state index in [9.17, 15) is 9.59 Å². The average molecular weight is 278 g/mol. The molecule has 2 aromatic rings. The highest BCUT2D eigenvalue weighted by Gasteiger charge is 2.12. The molecule has 0 radical (unpaired) electrons. The Morgan fingerprint density at radius 2 is 2.11 bits per heavy atom. The maximum atomic E-state index is 11.8. The van der Waals surface area contributed by atoms with Crippen LogP contribution in [0.3, 0.4) is 0 Å². The molecule has 1 amide bonds. The van der Waals surface area contributed by atoms with Gasteiger partial charge in [-0.1, -0.05) is 11.3 Å². The van der Waals surface area contributed by atoms with Crippen molar-refractivity contribution in [1.29, 1.82) is 0 Å². The lowest BCUT2D eigenvalue weighted by molar-refractivity contribution is -0.116. The van der Waals surface area contributed by atoms with Crippen molar-refractivity contribution in [2.45, 2.75) is 27.3 Å². The minimum atomic E-state index is -0.190. The predicted molar refractivity (Wildman–Crippen MR) is 72.4 cm³/mol. The van der Waals surface area contributed by atoms with Crippen molar-refractivity contribution in [3.05, 3.63) is 28.5 Å². The fourth-order valence-corrected chi connectivity index (χ4v) is 2.36. The Morgan fingerprint density at radius 1 is 1.37 bits per heavy atom. The lowest BCUT2D eigenvalue weighted by Crippen LogP contribution is -2.19. The summed E-state index contributed by atoms with van der Waals surface area (Å²) in [6.07, 6.45) is 1.73. The van der Waals surface area contributed by atoms with E-state index in [-0.39, 0.29) is 18.2 Å². The number of hydrogen-bond acceptors (Lipinski definition) is 5. The van der Waals surface area contributed by atoms with E-state index in [1.807, 2.05) is 13.8 Å². The number of Topliss-reactive ketones (excluding diaryl/α,β-unsaturated/α-hetero) is 1. The minimum Gasteiger partial charge on any atom is -0.342 e. The van der Waals surface area contributed by atoms with Gasteiger partial charge < -0.3 is 4.57 Å². The largest absolute Gasteiger partial charge is 0.342 e. The summed E-state index contributed by atoms with van der Waals surface area (Å²) < 4.78 is 1.74. The number of carbonyl (C=O) groups excluding carboxylic acids is 2. The quantitative estimate of drug-likeness (QED) is 0.865. The van der Waals surface area contributed by atoms with Crippen molar-refractivity contribution in [2.75, 3.05) is 5.32 Å². The van der Waals surface area contributed by atoms with Crippen LogP contribution >= 0.6 is 11.3 Å². The van der Waals surface area contributed by atoms with E-state index in [0.717, 1.165) is 10.7 Å². The third-order valence-corrected chi connectivity index (χ3v) is 3.46. The fraction of sp³-hybridized carbons (Fsp3) is 0.333. The predicted octanol–water partition coefficient (Wildman–Crippen LogP) is 1.80. The van der Waals surface area contributed by atoms with E-state index in [4.69, 9.17) is 0 Å². The van der Waals surface area contributed by atoms with Crippen LogP contribution in [0.25, 0.3) is 0 Å². The molecular weight excluding hydrogens is 264 g/mol. The number of hydrogen-bond donors (Lipinski definition) is 1. The Bertz CT molecular complexity index is 629. The molecule has 7 heteroatoms. The summed E-state index contributed by atoms with van der Waals surface area (Å²) in [7, 11) is 0. The molecule has 0 aliphatic heterocycles. The van der Waals surface area contributed by atoms with E-state index in [0.29, 0.717) is 10.7 Å². The zero-order valence-electron chi connectivity index (χ0n) is 10.9. The molecule has 2 heterocycles. The molecule has 0 aliphatic carbocycles. The van der Waals surface area contributed by atoms with E-state index in [2.05, 4.69) is 15.5 Å². The second kappa shape index (κ2) is 5.31. The zero-order chi connectivity index (χ0) is 14.0. The first-order chi connectivity index (χ1) is 8.97. The van der Waals surface area contributed by atoms with Gasteiger partial charge in [0.2, 0.25) is 11.0 Å². The van der Waals surface area contributed by atoms with Crippen LogP contribution in [0.5, 0.6) is 0 Å². The molecule has 0 unspecified atom stereocenters. The van der Waals surface area contributed by atoms with E-state index in [1.54, 1.807) is 16.8 Å². The van der Waals surface area contributed by atoms with Gasteiger partial charge in [0.25, 0.3) is 0 Å². The number of amides is 1. The lowest BCUT2D eigenvalue weighted by atomic mass is 10.2. The summed E-state index contributed by atoms with van der Waals surface area (Å²) in [6, 6.07) is 1.72. The first-order valence-electron chi connectivity index (χ1n) is 5.74. The highest BCUT2D eigenvalue weighted by atomic mass is 32.1. The van der Waals surface area contributed by atoms with Crippen LogP contribution in [-0.4, -0.2) is 26.5 Å².